The Morgan fingerprint density at radius 3 is 2.54 bits per heavy atom. The Kier molecular flexibility index (Phi) is 4.08. The fraction of sp³-hybridized carbons (Fsp3) is 0.200. The van der Waals surface area contributed by atoms with Gasteiger partial charge >= 0.3 is 0 Å². The van der Waals surface area contributed by atoms with Gasteiger partial charge in [0.05, 0.1) is 12.2 Å². The predicted octanol–water partition coefficient (Wildman–Crippen LogP) is 2.80. The fourth-order valence-corrected chi connectivity index (χ4v) is 3.09. The monoisotopic (exact) mass is 349 g/mol. The number of aromatic nitrogens is 2. The van der Waals surface area contributed by atoms with E-state index in [1.807, 2.05) is 54.0 Å². The number of imidazole rings is 1. The minimum absolute atomic E-state index is 0.146. The van der Waals surface area contributed by atoms with Gasteiger partial charge in [0.25, 0.3) is 11.9 Å². The molecule has 26 heavy (non-hydrogen) atoms. The highest BCUT2D eigenvalue weighted by Gasteiger charge is 2.29. The average molecular weight is 349 g/mol. The summed E-state index contributed by atoms with van der Waals surface area (Å²) in [5, 5.41) is 0. The third kappa shape index (κ3) is 3.01. The molecule has 1 aliphatic heterocycles. The van der Waals surface area contributed by atoms with Gasteiger partial charge in [0.2, 0.25) is 0 Å². The molecule has 132 valence electrons. The highest BCUT2D eigenvalue weighted by Crippen LogP contribution is 2.26. The van der Waals surface area contributed by atoms with Gasteiger partial charge in [-0.05, 0) is 30.2 Å². The second-order valence-electron chi connectivity index (χ2n) is 6.24. The lowest BCUT2D eigenvalue weighted by Crippen LogP contribution is -2.24. The first kappa shape index (κ1) is 16.2. The Morgan fingerprint density at radius 2 is 1.88 bits per heavy atom. The van der Waals surface area contributed by atoms with E-state index < -0.39 is 5.91 Å². The van der Waals surface area contributed by atoms with Crippen LogP contribution in [0.25, 0.3) is 11.1 Å². The van der Waals surface area contributed by atoms with Gasteiger partial charge in [-0.1, -0.05) is 42.5 Å². The lowest BCUT2D eigenvalue weighted by molar-refractivity contribution is 0.0992. The van der Waals surface area contributed by atoms with Crippen molar-refractivity contribution in [2.75, 3.05) is 6.61 Å². The molecular formula is C20H19N3O3. The molecule has 0 bridgehead atoms. The molecule has 0 fully saturated rings. The van der Waals surface area contributed by atoms with Crippen molar-refractivity contribution in [3.63, 3.8) is 0 Å². The van der Waals surface area contributed by atoms with E-state index >= 15 is 0 Å². The van der Waals surface area contributed by atoms with Crippen molar-refractivity contribution in [3.05, 3.63) is 66.0 Å². The second kappa shape index (κ2) is 6.55. The second-order valence-corrected chi connectivity index (χ2v) is 6.24. The molecule has 0 spiro atoms. The Bertz CT molecular complexity index is 933. The van der Waals surface area contributed by atoms with E-state index in [4.69, 9.17) is 15.2 Å². The normalized spacial score (nSPS) is 15.3. The minimum atomic E-state index is -0.542. The highest BCUT2D eigenvalue weighted by atomic mass is 16.6. The van der Waals surface area contributed by atoms with Gasteiger partial charge in [-0.3, -0.25) is 9.36 Å². The molecular weight excluding hydrogens is 330 g/mol. The molecule has 1 aromatic heterocycles. The van der Waals surface area contributed by atoms with E-state index in [0.717, 1.165) is 17.0 Å². The lowest BCUT2D eigenvalue weighted by Gasteiger charge is -2.12. The van der Waals surface area contributed by atoms with Crippen molar-refractivity contribution in [3.8, 4) is 22.9 Å². The van der Waals surface area contributed by atoms with Crippen LogP contribution in [-0.2, 0) is 6.54 Å². The van der Waals surface area contributed by atoms with E-state index in [-0.39, 0.29) is 11.8 Å². The molecule has 0 unspecified atom stereocenters. The number of benzene rings is 2. The molecule has 6 heteroatoms. The molecule has 0 aliphatic carbocycles. The first-order valence-electron chi connectivity index (χ1n) is 8.43. The first-order chi connectivity index (χ1) is 12.6. The summed E-state index contributed by atoms with van der Waals surface area (Å²) in [6.45, 7) is 2.80. The van der Waals surface area contributed by atoms with Gasteiger partial charge in [0.1, 0.15) is 12.4 Å². The van der Waals surface area contributed by atoms with Gasteiger partial charge in [-0.2, -0.15) is 4.98 Å². The lowest BCUT2D eigenvalue weighted by atomic mass is 10.1. The number of carbonyl (C=O) groups excluding carboxylic acids is 1. The number of nitrogens with two attached hydrogens (primary N) is 1. The Morgan fingerprint density at radius 1 is 1.19 bits per heavy atom. The van der Waals surface area contributed by atoms with Crippen molar-refractivity contribution in [1.82, 2.24) is 9.55 Å². The average Bonchev–Trinajstić information content (AvgIpc) is 3.20. The van der Waals surface area contributed by atoms with Crippen LogP contribution in [0.5, 0.6) is 11.8 Å². The quantitative estimate of drug-likeness (QED) is 0.768. The van der Waals surface area contributed by atoms with Crippen LogP contribution in [0.1, 0.15) is 16.2 Å². The number of nitrogens with zero attached hydrogens (tertiary/aromatic N) is 2. The summed E-state index contributed by atoms with van der Waals surface area (Å²) in [7, 11) is 0. The Balaban J connectivity index is 1.37. The molecule has 0 saturated heterocycles. The van der Waals surface area contributed by atoms with Crippen molar-refractivity contribution in [2.24, 2.45) is 5.73 Å². The maximum atomic E-state index is 11.3. The summed E-state index contributed by atoms with van der Waals surface area (Å²) in [6.07, 6.45) is -0.146. The molecule has 2 aromatic carbocycles. The standard InChI is InChI=1S/C20H19N3O3/c1-13-18(19(21)24)22-20-23(13)11-17(26-20)12-25-16-9-7-15(8-10-16)14-5-3-2-4-6-14/h2-10,17H,11-12H2,1H3,(H2,21,24)/t17-/m0/s1. The van der Waals surface area contributed by atoms with Crippen LogP contribution in [0.3, 0.4) is 0 Å². The summed E-state index contributed by atoms with van der Waals surface area (Å²) >= 11 is 0. The molecule has 2 heterocycles. The SMILES string of the molecule is Cc1c(C(N)=O)nc2n1C[C@@H](COc1ccc(-c3ccccc3)cc1)O2. The molecule has 3 aromatic rings. The zero-order chi connectivity index (χ0) is 18.1. The highest BCUT2D eigenvalue weighted by molar-refractivity contribution is 5.92. The van der Waals surface area contributed by atoms with Crippen molar-refractivity contribution in [2.45, 2.75) is 19.6 Å². The molecule has 4 rings (SSSR count). The number of amides is 1. The molecule has 0 saturated carbocycles. The molecule has 1 atom stereocenters. The smallest absolute Gasteiger partial charge is 0.297 e. The third-order valence-corrected chi connectivity index (χ3v) is 4.47. The first-order valence-corrected chi connectivity index (χ1v) is 8.43. The molecule has 0 radical (unpaired) electrons. The minimum Gasteiger partial charge on any atom is -0.490 e. The number of hydrogen-bond donors (Lipinski definition) is 1. The van der Waals surface area contributed by atoms with Gasteiger partial charge in [-0.25, -0.2) is 0 Å². The van der Waals surface area contributed by atoms with E-state index in [1.54, 1.807) is 0 Å². The summed E-state index contributed by atoms with van der Waals surface area (Å²) in [5.74, 6) is 0.242. The largest absolute Gasteiger partial charge is 0.490 e. The van der Waals surface area contributed by atoms with Gasteiger partial charge < -0.3 is 15.2 Å². The predicted molar refractivity (Wildman–Crippen MR) is 97.3 cm³/mol. The van der Waals surface area contributed by atoms with Crippen molar-refractivity contribution >= 4 is 5.91 Å². The summed E-state index contributed by atoms with van der Waals surface area (Å²) in [4.78, 5) is 15.5. The van der Waals surface area contributed by atoms with Crippen LogP contribution < -0.4 is 15.2 Å². The van der Waals surface area contributed by atoms with E-state index in [9.17, 15) is 4.79 Å². The van der Waals surface area contributed by atoms with Crippen molar-refractivity contribution in [1.29, 1.82) is 0 Å². The van der Waals surface area contributed by atoms with E-state index in [0.29, 0.717) is 19.2 Å². The zero-order valence-corrected chi connectivity index (χ0v) is 14.4. The number of carbonyl (C=O) groups is 1. The van der Waals surface area contributed by atoms with Crippen LogP contribution in [-0.4, -0.2) is 28.2 Å². The van der Waals surface area contributed by atoms with Gasteiger partial charge in [-0.15, -0.1) is 0 Å². The summed E-state index contributed by atoms with van der Waals surface area (Å²) in [6, 6.07) is 18.6. The van der Waals surface area contributed by atoms with Gasteiger partial charge in [0, 0.05) is 0 Å². The molecule has 1 amide bonds. The maximum absolute atomic E-state index is 11.3. The summed E-state index contributed by atoms with van der Waals surface area (Å²) in [5.41, 5.74) is 8.60. The maximum Gasteiger partial charge on any atom is 0.297 e. The molecule has 2 N–H and O–H groups in total. The number of hydrogen-bond acceptors (Lipinski definition) is 4. The summed E-state index contributed by atoms with van der Waals surface area (Å²) < 4.78 is 13.4. The third-order valence-electron chi connectivity index (χ3n) is 4.47. The zero-order valence-electron chi connectivity index (χ0n) is 14.4. The van der Waals surface area contributed by atoms with E-state index in [2.05, 4.69) is 17.1 Å². The number of ether oxygens (including phenoxy) is 2. The van der Waals surface area contributed by atoms with E-state index in [1.165, 1.54) is 5.56 Å². The number of rotatable bonds is 5. The Hall–Kier alpha value is -3.28. The van der Waals surface area contributed by atoms with Gasteiger partial charge in [0.15, 0.2) is 11.8 Å². The van der Waals surface area contributed by atoms with Crippen LogP contribution in [0.2, 0.25) is 0 Å². The molecule has 6 nitrogen and oxygen atoms in total. The number of primary amides is 1. The van der Waals surface area contributed by atoms with Crippen LogP contribution in [0.15, 0.2) is 54.6 Å². The van der Waals surface area contributed by atoms with Crippen LogP contribution in [0.4, 0.5) is 0 Å². The Labute approximate surface area is 151 Å². The fourth-order valence-electron chi connectivity index (χ4n) is 3.09. The van der Waals surface area contributed by atoms with Crippen LogP contribution in [0, 0.1) is 6.92 Å². The number of fused-ring (bicyclic) bond motifs is 1. The topological polar surface area (TPSA) is 79.4 Å². The van der Waals surface area contributed by atoms with Crippen molar-refractivity contribution < 1.29 is 14.3 Å². The van der Waals surface area contributed by atoms with Crippen LogP contribution >= 0.6 is 0 Å². The molecule has 1 aliphatic rings.